The fourth-order valence-electron chi connectivity index (χ4n) is 0. The van der Waals surface area contributed by atoms with Crippen LogP contribution in [0.2, 0.25) is 18.5 Å². The molecule has 0 N–H and O–H groups in total. The molecule has 0 rings (SSSR count). The van der Waals surface area contributed by atoms with Crippen molar-refractivity contribution in [3.8, 4) is 0 Å². The monoisotopic (exact) mass is 150 g/mol. The molecule has 0 saturated carbocycles. The van der Waals surface area contributed by atoms with Crippen molar-refractivity contribution >= 4 is 0 Å². The van der Waals surface area contributed by atoms with Gasteiger partial charge in [-0.2, -0.15) is 0 Å². The van der Waals surface area contributed by atoms with Gasteiger partial charge in [-0.15, -0.1) is 0 Å². The predicted molar refractivity (Wildman–Crippen MR) is 23.5 cm³/mol. The van der Waals surface area contributed by atoms with Crippen molar-refractivity contribution in [3.63, 3.8) is 0 Å². The Kier molecular flexibility index (Phi) is 1.83. The number of hydrogen-bond donors (Lipinski definition) is 0. The summed E-state index contributed by atoms with van der Waals surface area (Å²) in [6.07, 6.45) is 0. The van der Waals surface area contributed by atoms with Gasteiger partial charge in [-0.3, -0.25) is 0 Å². The van der Waals surface area contributed by atoms with Crippen LogP contribution >= 0.6 is 0 Å². The number of hydrogen-bond acceptors (Lipinski definition) is 0. The van der Waals surface area contributed by atoms with Crippen molar-refractivity contribution in [2.24, 2.45) is 0 Å². The average molecular weight is 151 g/mol. The van der Waals surface area contributed by atoms with Crippen LogP contribution in [0.1, 0.15) is 0 Å². The summed E-state index contributed by atoms with van der Waals surface area (Å²) < 4.78 is 9.59. The fourth-order valence-corrected chi connectivity index (χ4v) is 0. The quantitative estimate of drug-likeness (QED) is 0.498. The Hall–Kier alpha value is 0.883. The molecule has 0 fully saturated rings. The minimum absolute atomic E-state index is 1.18. The Labute approximate surface area is 39.0 Å². The summed E-state index contributed by atoms with van der Waals surface area (Å²) in [6.45, 7) is 0. The molecule has 0 aromatic heterocycles. The second kappa shape index (κ2) is 1.55. The standard InChI is InChI=1S/4CH3.Zr/h4*1H3;. The molecule has 0 aromatic rings. The van der Waals surface area contributed by atoms with E-state index in [4.69, 9.17) is 0 Å². The van der Waals surface area contributed by atoms with Crippen LogP contribution < -0.4 is 0 Å². The SMILES string of the molecule is [CH3][Zr]([CH3])([CH3])[CH3]. The van der Waals surface area contributed by atoms with Gasteiger partial charge in [-0.1, -0.05) is 0 Å². The summed E-state index contributed by atoms with van der Waals surface area (Å²) in [5, 5.41) is 0. The third-order valence-corrected chi connectivity index (χ3v) is 0. The van der Waals surface area contributed by atoms with Gasteiger partial charge >= 0.3 is 38.8 Å². The van der Waals surface area contributed by atoms with Gasteiger partial charge in [-0.05, 0) is 0 Å². The van der Waals surface area contributed by atoms with E-state index >= 15 is 0 Å². The first-order valence-electron chi connectivity index (χ1n) is 2.00. The van der Waals surface area contributed by atoms with E-state index in [9.17, 15) is 0 Å². The Balaban J connectivity index is 3.02. The molecule has 1 heteroatoms. The van der Waals surface area contributed by atoms with Gasteiger partial charge in [-0.25, -0.2) is 0 Å². The van der Waals surface area contributed by atoms with Gasteiger partial charge in [0.25, 0.3) is 0 Å². The molecule has 0 amide bonds. The van der Waals surface area contributed by atoms with E-state index in [0.29, 0.717) is 0 Å². The summed E-state index contributed by atoms with van der Waals surface area (Å²) in [5.74, 6) is 0. The van der Waals surface area contributed by atoms with Crippen LogP contribution in [0, 0.1) is 0 Å². The van der Waals surface area contributed by atoms with E-state index in [1.54, 1.807) is 0 Å². The number of rotatable bonds is 0. The molecule has 0 atom stereocenters. The van der Waals surface area contributed by atoms with Gasteiger partial charge in [0.2, 0.25) is 0 Å². The minimum atomic E-state index is -1.18. The molecule has 0 aliphatic heterocycles. The molecule has 5 heavy (non-hydrogen) atoms. The van der Waals surface area contributed by atoms with Gasteiger partial charge in [0, 0.05) is 0 Å². The Morgan fingerprint density at radius 1 is 0.800 bits per heavy atom. The summed E-state index contributed by atoms with van der Waals surface area (Å²) >= 11 is -1.18. The summed E-state index contributed by atoms with van der Waals surface area (Å²) in [7, 11) is 0. The van der Waals surface area contributed by atoms with E-state index in [1.165, 1.54) is 0 Å². The maximum atomic E-state index is 2.40. The first-order valence-corrected chi connectivity index (χ1v) is 11.8. The molecule has 0 heterocycles. The zero-order valence-corrected chi connectivity index (χ0v) is 6.96. The Bertz CT molecular complexity index is 19.1. The zero-order valence-electron chi connectivity index (χ0n) is 4.50. The van der Waals surface area contributed by atoms with E-state index < -0.39 is 20.3 Å². The average Bonchev–Trinajstić information content (AvgIpc) is 0.722. The molecule has 0 unspecified atom stereocenters. The molecule has 0 aliphatic carbocycles. The van der Waals surface area contributed by atoms with Crippen LogP contribution in [0.4, 0.5) is 0 Å². The summed E-state index contributed by atoms with van der Waals surface area (Å²) in [5.41, 5.74) is 0. The first-order chi connectivity index (χ1) is 2.00. The van der Waals surface area contributed by atoms with Gasteiger partial charge < -0.3 is 0 Å². The topological polar surface area (TPSA) is 0 Å². The molecule has 0 nitrogen and oxygen atoms in total. The van der Waals surface area contributed by atoms with Crippen LogP contribution in [0.3, 0.4) is 0 Å². The van der Waals surface area contributed by atoms with Gasteiger partial charge in [0.1, 0.15) is 0 Å². The van der Waals surface area contributed by atoms with Crippen molar-refractivity contribution in [3.05, 3.63) is 0 Å². The van der Waals surface area contributed by atoms with E-state index in [2.05, 4.69) is 18.5 Å². The van der Waals surface area contributed by atoms with Crippen LogP contribution in [-0.4, -0.2) is 0 Å². The van der Waals surface area contributed by atoms with Crippen molar-refractivity contribution in [2.45, 2.75) is 18.5 Å². The molecular weight excluding hydrogens is 139 g/mol. The van der Waals surface area contributed by atoms with E-state index in [-0.39, 0.29) is 0 Å². The van der Waals surface area contributed by atoms with Crippen LogP contribution in [0.5, 0.6) is 0 Å². The normalized spacial score (nSPS) is 12.0. The van der Waals surface area contributed by atoms with Gasteiger partial charge in [0.15, 0.2) is 0 Å². The van der Waals surface area contributed by atoms with Gasteiger partial charge in [0.05, 0.1) is 0 Å². The zero-order chi connectivity index (χ0) is 4.50. The Morgan fingerprint density at radius 3 is 0.800 bits per heavy atom. The second-order valence-electron chi connectivity index (χ2n) is 3.00. The van der Waals surface area contributed by atoms with E-state index in [0.717, 1.165) is 0 Å². The van der Waals surface area contributed by atoms with Crippen molar-refractivity contribution in [1.82, 2.24) is 0 Å². The molecule has 0 aromatic carbocycles. The third kappa shape index (κ3) is 52.0. The van der Waals surface area contributed by atoms with Crippen molar-refractivity contribution < 1.29 is 20.3 Å². The predicted octanol–water partition coefficient (Wildman–Crippen LogP) is 2.33. The Morgan fingerprint density at radius 2 is 0.800 bits per heavy atom. The molecule has 0 saturated heterocycles. The van der Waals surface area contributed by atoms with E-state index in [1.807, 2.05) is 0 Å². The van der Waals surface area contributed by atoms with Crippen LogP contribution in [0.15, 0.2) is 0 Å². The molecule has 0 radical (unpaired) electrons. The molecule has 0 bridgehead atoms. The molecule has 0 spiro atoms. The molecule has 32 valence electrons. The first kappa shape index (κ1) is 5.88. The molecule has 0 aliphatic rings. The van der Waals surface area contributed by atoms with Crippen LogP contribution in [-0.2, 0) is 20.3 Å². The molecular formula is C4H12Zr. The summed E-state index contributed by atoms with van der Waals surface area (Å²) in [4.78, 5) is 0. The fraction of sp³-hybridized carbons (Fsp3) is 1.00. The van der Waals surface area contributed by atoms with Crippen molar-refractivity contribution in [1.29, 1.82) is 0 Å². The van der Waals surface area contributed by atoms with Crippen molar-refractivity contribution in [2.75, 3.05) is 0 Å². The second-order valence-corrected chi connectivity index (χ2v) is 17.7. The maximum absolute atomic E-state index is 2.40. The van der Waals surface area contributed by atoms with Crippen LogP contribution in [0.25, 0.3) is 0 Å². The summed E-state index contributed by atoms with van der Waals surface area (Å²) in [6, 6.07) is 0. The third-order valence-electron chi connectivity index (χ3n) is 0.